The molecule has 0 aliphatic carbocycles. The maximum Gasteiger partial charge on any atom is 0.214 e. The molecule has 2 nitrogen and oxygen atoms in total. The second kappa shape index (κ2) is 3.84. The van der Waals surface area contributed by atoms with E-state index in [0.29, 0.717) is 5.56 Å². The molecule has 2 N–H and O–H groups in total. The first-order chi connectivity index (χ1) is 5.74. The van der Waals surface area contributed by atoms with Gasteiger partial charge in [-0.15, -0.1) is 0 Å². The van der Waals surface area contributed by atoms with Crippen molar-refractivity contribution in [1.29, 1.82) is 0 Å². The second-order valence-electron chi connectivity index (χ2n) is 2.33. The van der Waals surface area contributed by atoms with Crippen LogP contribution in [0, 0.1) is 24.7 Å². The van der Waals surface area contributed by atoms with Crippen molar-refractivity contribution in [1.82, 2.24) is 4.98 Å². The average Bonchev–Trinajstić information content (AvgIpc) is 2.07. The number of pyridine rings is 1. The van der Waals surface area contributed by atoms with E-state index in [4.69, 9.17) is 5.73 Å². The van der Waals surface area contributed by atoms with E-state index in [1.54, 1.807) is 0 Å². The summed E-state index contributed by atoms with van der Waals surface area (Å²) in [6, 6.07) is 1.30. The van der Waals surface area contributed by atoms with Crippen molar-refractivity contribution in [2.75, 3.05) is 6.54 Å². The van der Waals surface area contributed by atoms with Crippen LogP contribution in [-0.2, 0) is 0 Å². The molecular formula is C9H9FN2. The van der Waals surface area contributed by atoms with Crippen LogP contribution >= 0.6 is 0 Å². The van der Waals surface area contributed by atoms with Gasteiger partial charge in [0.25, 0.3) is 0 Å². The summed E-state index contributed by atoms with van der Waals surface area (Å²) in [5.41, 5.74) is 6.69. The van der Waals surface area contributed by atoms with Crippen LogP contribution in [0.15, 0.2) is 12.3 Å². The molecule has 0 bridgehead atoms. The zero-order valence-electron chi connectivity index (χ0n) is 6.76. The van der Waals surface area contributed by atoms with Crippen LogP contribution in [0.4, 0.5) is 4.39 Å². The molecule has 12 heavy (non-hydrogen) atoms. The number of hydrogen-bond donors (Lipinski definition) is 1. The van der Waals surface area contributed by atoms with Crippen LogP contribution in [0.1, 0.15) is 11.1 Å². The standard InChI is InChI=1S/C9H9FN2/c1-7-6-12-9(10)5-8(7)3-2-4-11/h5-6H,4,11H2,1H3. The van der Waals surface area contributed by atoms with Crippen LogP contribution in [0.2, 0.25) is 0 Å². The van der Waals surface area contributed by atoms with Gasteiger partial charge in [-0.3, -0.25) is 0 Å². The molecule has 1 aromatic heterocycles. The molecule has 0 aliphatic rings. The Hall–Kier alpha value is -1.40. The SMILES string of the molecule is Cc1cnc(F)cc1C#CCN. The molecule has 62 valence electrons. The van der Waals surface area contributed by atoms with Crippen molar-refractivity contribution in [2.45, 2.75) is 6.92 Å². The second-order valence-corrected chi connectivity index (χ2v) is 2.33. The van der Waals surface area contributed by atoms with Gasteiger partial charge < -0.3 is 5.73 Å². The van der Waals surface area contributed by atoms with E-state index >= 15 is 0 Å². The molecule has 0 fully saturated rings. The van der Waals surface area contributed by atoms with Gasteiger partial charge in [0.05, 0.1) is 6.54 Å². The Morgan fingerprint density at radius 2 is 2.42 bits per heavy atom. The molecule has 1 heterocycles. The summed E-state index contributed by atoms with van der Waals surface area (Å²) in [6.07, 6.45) is 1.45. The Balaban J connectivity index is 3.05. The van der Waals surface area contributed by atoms with Crippen LogP contribution in [0.5, 0.6) is 0 Å². The monoisotopic (exact) mass is 164 g/mol. The van der Waals surface area contributed by atoms with E-state index in [0.717, 1.165) is 5.56 Å². The summed E-state index contributed by atoms with van der Waals surface area (Å²) >= 11 is 0. The van der Waals surface area contributed by atoms with Crippen molar-refractivity contribution in [3.63, 3.8) is 0 Å². The highest BCUT2D eigenvalue weighted by Crippen LogP contribution is 2.05. The van der Waals surface area contributed by atoms with Crippen molar-refractivity contribution >= 4 is 0 Å². The summed E-state index contributed by atoms with van der Waals surface area (Å²) in [7, 11) is 0. The van der Waals surface area contributed by atoms with E-state index in [-0.39, 0.29) is 6.54 Å². The molecule has 0 atom stereocenters. The number of hydrogen-bond acceptors (Lipinski definition) is 2. The van der Waals surface area contributed by atoms with Crippen molar-refractivity contribution in [2.24, 2.45) is 5.73 Å². The number of nitrogens with zero attached hydrogens (tertiary/aromatic N) is 1. The van der Waals surface area contributed by atoms with E-state index in [1.807, 2.05) is 6.92 Å². The third-order valence-electron chi connectivity index (χ3n) is 1.39. The predicted octanol–water partition coefficient (Wildman–Crippen LogP) is 0.839. The van der Waals surface area contributed by atoms with Gasteiger partial charge >= 0.3 is 0 Å². The quantitative estimate of drug-likeness (QED) is 0.456. The lowest BCUT2D eigenvalue weighted by atomic mass is 10.2. The first-order valence-electron chi connectivity index (χ1n) is 3.55. The Bertz CT molecular complexity index is 336. The van der Waals surface area contributed by atoms with Gasteiger partial charge in [0.1, 0.15) is 0 Å². The molecule has 0 aromatic carbocycles. The van der Waals surface area contributed by atoms with Gasteiger partial charge in [-0.25, -0.2) is 4.98 Å². The highest BCUT2D eigenvalue weighted by Gasteiger charge is 1.96. The molecule has 3 heteroatoms. The fourth-order valence-corrected chi connectivity index (χ4v) is 0.779. The highest BCUT2D eigenvalue weighted by molar-refractivity contribution is 5.38. The van der Waals surface area contributed by atoms with Gasteiger partial charge in [0.2, 0.25) is 5.95 Å². The van der Waals surface area contributed by atoms with Gasteiger partial charge in [-0.05, 0) is 12.5 Å². The molecule has 0 spiro atoms. The molecule has 0 radical (unpaired) electrons. The predicted molar refractivity (Wildman–Crippen MR) is 44.9 cm³/mol. The Morgan fingerprint density at radius 3 is 3.08 bits per heavy atom. The molecule has 1 rings (SSSR count). The number of rotatable bonds is 0. The lowest BCUT2D eigenvalue weighted by Gasteiger charge is -1.95. The van der Waals surface area contributed by atoms with E-state index < -0.39 is 5.95 Å². The largest absolute Gasteiger partial charge is 0.320 e. The Morgan fingerprint density at radius 1 is 1.67 bits per heavy atom. The minimum Gasteiger partial charge on any atom is -0.320 e. The summed E-state index contributed by atoms with van der Waals surface area (Å²) < 4.78 is 12.6. The minimum absolute atomic E-state index is 0.281. The van der Waals surface area contributed by atoms with Crippen LogP contribution in [0.3, 0.4) is 0 Å². The van der Waals surface area contributed by atoms with Crippen molar-refractivity contribution in [3.05, 3.63) is 29.3 Å². The molecule has 0 saturated heterocycles. The van der Waals surface area contributed by atoms with Gasteiger partial charge in [0.15, 0.2) is 0 Å². The topological polar surface area (TPSA) is 38.9 Å². The van der Waals surface area contributed by atoms with Gasteiger partial charge in [-0.1, -0.05) is 11.8 Å². The van der Waals surface area contributed by atoms with Crippen LogP contribution < -0.4 is 5.73 Å². The molecule has 0 aliphatic heterocycles. The lowest BCUT2D eigenvalue weighted by molar-refractivity contribution is 0.582. The van der Waals surface area contributed by atoms with Crippen molar-refractivity contribution < 1.29 is 4.39 Å². The minimum atomic E-state index is -0.512. The Kier molecular flexibility index (Phi) is 2.78. The highest BCUT2D eigenvalue weighted by atomic mass is 19.1. The number of aromatic nitrogens is 1. The summed E-state index contributed by atoms with van der Waals surface area (Å²) in [6.45, 7) is 2.11. The number of nitrogens with two attached hydrogens (primary N) is 1. The first-order valence-corrected chi connectivity index (χ1v) is 3.55. The number of aryl methyl sites for hydroxylation is 1. The molecule has 0 unspecified atom stereocenters. The summed E-state index contributed by atoms with van der Waals surface area (Å²) in [5, 5.41) is 0. The number of halogens is 1. The third-order valence-corrected chi connectivity index (χ3v) is 1.39. The molecular weight excluding hydrogens is 155 g/mol. The molecule has 0 saturated carbocycles. The summed E-state index contributed by atoms with van der Waals surface area (Å²) in [5.74, 6) is 4.90. The first kappa shape index (κ1) is 8.69. The normalized spacial score (nSPS) is 8.92. The zero-order valence-corrected chi connectivity index (χ0v) is 6.76. The van der Waals surface area contributed by atoms with Gasteiger partial charge in [-0.2, -0.15) is 4.39 Å². The lowest BCUT2D eigenvalue weighted by Crippen LogP contribution is -1.94. The Labute approximate surface area is 70.6 Å². The fourth-order valence-electron chi connectivity index (χ4n) is 0.779. The fraction of sp³-hybridized carbons (Fsp3) is 0.222. The van der Waals surface area contributed by atoms with Crippen LogP contribution in [0.25, 0.3) is 0 Å². The third kappa shape index (κ3) is 2.04. The van der Waals surface area contributed by atoms with E-state index in [1.165, 1.54) is 12.3 Å². The maximum atomic E-state index is 12.6. The smallest absolute Gasteiger partial charge is 0.214 e. The maximum absolute atomic E-state index is 12.6. The average molecular weight is 164 g/mol. The van der Waals surface area contributed by atoms with Gasteiger partial charge in [0, 0.05) is 17.8 Å². The zero-order chi connectivity index (χ0) is 8.97. The molecule has 1 aromatic rings. The van der Waals surface area contributed by atoms with Crippen LogP contribution in [-0.4, -0.2) is 11.5 Å². The van der Waals surface area contributed by atoms with E-state index in [9.17, 15) is 4.39 Å². The van der Waals surface area contributed by atoms with Crippen molar-refractivity contribution in [3.8, 4) is 11.8 Å². The summed E-state index contributed by atoms with van der Waals surface area (Å²) in [4.78, 5) is 3.48. The van der Waals surface area contributed by atoms with E-state index in [2.05, 4.69) is 16.8 Å². The molecule has 0 amide bonds.